The normalized spacial score (nSPS) is 12.4. The van der Waals surface area contributed by atoms with Crippen LogP contribution in [-0.4, -0.2) is 14.9 Å². The first-order valence-electron chi connectivity index (χ1n) is 9.63. The molecule has 0 spiro atoms. The zero-order valence-corrected chi connectivity index (χ0v) is 17.2. The molecule has 25 heavy (non-hydrogen) atoms. The van der Waals surface area contributed by atoms with Crippen LogP contribution in [0, 0.1) is 0 Å². The van der Waals surface area contributed by atoms with Crippen LogP contribution in [0.25, 0.3) is 16.7 Å². The van der Waals surface area contributed by atoms with Crippen LogP contribution in [0.5, 0.6) is 0 Å². The standard InChI is InChI=1S/C23H32OSi/c1-5-20(18-19-24-25(6-2,7-3)8-4)22-14-16-23(17-15-22)21-12-10-9-11-13-21/h5,9-17H,6-8,18-19H2,1-4H3/b20-5+. The van der Waals surface area contributed by atoms with E-state index in [-0.39, 0.29) is 0 Å². The fraction of sp³-hybridized carbons (Fsp3) is 0.391. The Morgan fingerprint density at radius 2 is 1.40 bits per heavy atom. The highest BCUT2D eigenvalue weighted by Crippen LogP contribution is 2.26. The summed E-state index contributed by atoms with van der Waals surface area (Å²) >= 11 is 0. The topological polar surface area (TPSA) is 9.23 Å². The third-order valence-corrected chi connectivity index (χ3v) is 10.1. The van der Waals surface area contributed by atoms with E-state index in [1.807, 2.05) is 0 Å². The number of rotatable bonds is 9. The monoisotopic (exact) mass is 352 g/mol. The van der Waals surface area contributed by atoms with Crippen molar-refractivity contribution in [2.24, 2.45) is 0 Å². The smallest absolute Gasteiger partial charge is 0.191 e. The fourth-order valence-corrected chi connectivity index (χ4v) is 6.04. The van der Waals surface area contributed by atoms with Crippen LogP contribution in [0.3, 0.4) is 0 Å². The first-order valence-corrected chi connectivity index (χ1v) is 12.2. The van der Waals surface area contributed by atoms with Gasteiger partial charge in [0.2, 0.25) is 0 Å². The summed E-state index contributed by atoms with van der Waals surface area (Å²) in [5, 5.41) is 0. The Morgan fingerprint density at radius 1 is 0.840 bits per heavy atom. The Hall–Kier alpha value is -1.64. The summed E-state index contributed by atoms with van der Waals surface area (Å²) in [5.74, 6) is 0. The van der Waals surface area contributed by atoms with Crippen molar-refractivity contribution in [3.63, 3.8) is 0 Å². The molecule has 0 saturated heterocycles. The molecule has 0 heterocycles. The maximum atomic E-state index is 6.42. The third kappa shape index (κ3) is 5.16. The van der Waals surface area contributed by atoms with E-state index in [1.165, 1.54) is 40.4 Å². The second kappa shape index (κ2) is 9.74. The summed E-state index contributed by atoms with van der Waals surface area (Å²) in [7, 11) is -1.48. The Kier molecular flexibility index (Phi) is 7.67. The lowest BCUT2D eigenvalue weighted by molar-refractivity contribution is 0.308. The third-order valence-electron chi connectivity index (χ3n) is 5.42. The van der Waals surface area contributed by atoms with Gasteiger partial charge in [-0.15, -0.1) is 0 Å². The molecule has 2 aromatic carbocycles. The van der Waals surface area contributed by atoms with Crippen molar-refractivity contribution in [2.45, 2.75) is 52.2 Å². The van der Waals surface area contributed by atoms with Gasteiger partial charge in [0.1, 0.15) is 0 Å². The highest BCUT2D eigenvalue weighted by Gasteiger charge is 2.28. The van der Waals surface area contributed by atoms with Crippen LogP contribution in [0.15, 0.2) is 60.7 Å². The van der Waals surface area contributed by atoms with E-state index in [2.05, 4.69) is 88.4 Å². The molecule has 2 rings (SSSR count). The number of allylic oxidation sites excluding steroid dienone is 1. The van der Waals surface area contributed by atoms with Gasteiger partial charge in [0.15, 0.2) is 8.32 Å². The van der Waals surface area contributed by atoms with Gasteiger partial charge in [-0.2, -0.15) is 0 Å². The molecular weight excluding hydrogens is 320 g/mol. The van der Waals surface area contributed by atoms with Gasteiger partial charge >= 0.3 is 0 Å². The van der Waals surface area contributed by atoms with E-state index in [0.29, 0.717) is 0 Å². The van der Waals surface area contributed by atoms with E-state index >= 15 is 0 Å². The molecule has 0 aliphatic rings. The molecule has 0 unspecified atom stereocenters. The van der Waals surface area contributed by atoms with Gasteiger partial charge in [0, 0.05) is 6.61 Å². The molecule has 0 aromatic heterocycles. The average Bonchev–Trinajstić information content (AvgIpc) is 2.70. The summed E-state index contributed by atoms with van der Waals surface area (Å²) < 4.78 is 6.42. The lowest BCUT2D eigenvalue weighted by Crippen LogP contribution is -2.36. The fourth-order valence-electron chi connectivity index (χ4n) is 3.40. The summed E-state index contributed by atoms with van der Waals surface area (Å²) in [6.07, 6.45) is 3.23. The molecular formula is C23H32OSi. The molecule has 1 nitrogen and oxygen atoms in total. The van der Waals surface area contributed by atoms with E-state index in [4.69, 9.17) is 4.43 Å². The maximum Gasteiger partial charge on any atom is 0.191 e. The van der Waals surface area contributed by atoms with Crippen LogP contribution in [-0.2, 0) is 4.43 Å². The van der Waals surface area contributed by atoms with Crippen molar-refractivity contribution < 1.29 is 4.43 Å². The van der Waals surface area contributed by atoms with Crippen molar-refractivity contribution in [1.82, 2.24) is 0 Å². The molecule has 0 bridgehead atoms. The summed E-state index contributed by atoms with van der Waals surface area (Å²) in [6.45, 7) is 9.85. The van der Waals surface area contributed by atoms with Crippen LogP contribution >= 0.6 is 0 Å². The van der Waals surface area contributed by atoms with Crippen LogP contribution in [0.4, 0.5) is 0 Å². The lowest BCUT2D eigenvalue weighted by atomic mass is 9.99. The molecule has 0 atom stereocenters. The number of hydrogen-bond acceptors (Lipinski definition) is 1. The van der Waals surface area contributed by atoms with Crippen molar-refractivity contribution >= 4 is 13.9 Å². The van der Waals surface area contributed by atoms with E-state index in [0.717, 1.165) is 13.0 Å². The molecule has 0 N–H and O–H groups in total. The van der Waals surface area contributed by atoms with E-state index in [9.17, 15) is 0 Å². The average molecular weight is 353 g/mol. The Labute approximate surface area is 154 Å². The summed E-state index contributed by atoms with van der Waals surface area (Å²) in [6, 6.07) is 23.1. The van der Waals surface area contributed by atoms with Crippen molar-refractivity contribution in [3.05, 3.63) is 66.2 Å². The number of benzene rings is 2. The Bertz CT molecular complexity index is 646. The molecule has 0 fully saturated rings. The number of hydrogen-bond donors (Lipinski definition) is 0. The van der Waals surface area contributed by atoms with Gasteiger partial charge in [-0.3, -0.25) is 0 Å². The molecule has 2 aromatic rings. The van der Waals surface area contributed by atoms with Gasteiger partial charge in [-0.25, -0.2) is 0 Å². The minimum atomic E-state index is -1.48. The molecule has 0 aliphatic carbocycles. The Morgan fingerprint density at radius 3 is 1.92 bits per heavy atom. The summed E-state index contributed by atoms with van der Waals surface area (Å²) in [5.41, 5.74) is 5.22. The van der Waals surface area contributed by atoms with Gasteiger partial charge in [0.25, 0.3) is 0 Å². The first kappa shape index (κ1) is 19.7. The van der Waals surface area contributed by atoms with Crippen molar-refractivity contribution in [1.29, 1.82) is 0 Å². The second-order valence-corrected chi connectivity index (χ2v) is 11.4. The zero-order valence-electron chi connectivity index (χ0n) is 16.2. The van der Waals surface area contributed by atoms with E-state index < -0.39 is 8.32 Å². The minimum absolute atomic E-state index is 0.849. The molecule has 134 valence electrons. The van der Waals surface area contributed by atoms with Crippen LogP contribution < -0.4 is 0 Å². The predicted octanol–water partition coefficient (Wildman–Crippen LogP) is 7.17. The van der Waals surface area contributed by atoms with E-state index in [1.54, 1.807) is 0 Å². The quantitative estimate of drug-likeness (QED) is 0.435. The molecule has 0 radical (unpaired) electrons. The Balaban J connectivity index is 2.01. The minimum Gasteiger partial charge on any atom is -0.416 e. The van der Waals surface area contributed by atoms with Crippen LogP contribution in [0.1, 0.15) is 39.7 Å². The largest absolute Gasteiger partial charge is 0.416 e. The lowest BCUT2D eigenvalue weighted by Gasteiger charge is -2.28. The SMILES string of the molecule is C/C=C(\CCO[Si](CC)(CC)CC)c1ccc(-c2ccccc2)cc1. The van der Waals surface area contributed by atoms with Gasteiger partial charge in [-0.05, 0) is 53.7 Å². The second-order valence-electron chi connectivity index (χ2n) is 6.60. The van der Waals surface area contributed by atoms with Gasteiger partial charge < -0.3 is 4.43 Å². The summed E-state index contributed by atoms with van der Waals surface area (Å²) in [4.78, 5) is 0. The molecule has 0 aliphatic heterocycles. The highest BCUT2D eigenvalue weighted by atomic mass is 28.4. The molecule has 0 saturated carbocycles. The van der Waals surface area contributed by atoms with Gasteiger partial charge in [-0.1, -0.05) is 81.4 Å². The van der Waals surface area contributed by atoms with Crippen molar-refractivity contribution in [2.75, 3.05) is 6.61 Å². The zero-order chi connectivity index (χ0) is 18.1. The predicted molar refractivity (Wildman–Crippen MR) is 113 cm³/mol. The van der Waals surface area contributed by atoms with Crippen molar-refractivity contribution in [3.8, 4) is 11.1 Å². The van der Waals surface area contributed by atoms with Gasteiger partial charge in [0.05, 0.1) is 0 Å². The highest BCUT2D eigenvalue weighted by molar-refractivity contribution is 6.73. The maximum absolute atomic E-state index is 6.42. The van der Waals surface area contributed by atoms with Crippen LogP contribution in [0.2, 0.25) is 18.1 Å². The first-order chi connectivity index (χ1) is 12.2. The molecule has 2 heteroatoms. The molecule has 0 amide bonds.